The van der Waals surface area contributed by atoms with Crippen LogP contribution in [0.15, 0.2) is 36.4 Å². The van der Waals surface area contributed by atoms with Crippen LogP contribution in [-0.2, 0) is 15.9 Å². The average molecular weight is 505 g/mol. The van der Waals surface area contributed by atoms with Gasteiger partial charge in [0.05, 0.1) is 18.8 Å². The highest BCUT2D eigenvalue weighted by Gasteiger charge is 2.28. The SMILES string of the molecule is C/C=C/C1CCC(c2ccc(-c3ccc(CCC4CCC(CCC)CO4)c(F)c3F)c(F)c2F)OC1. The molecule has 4 atom stereocenters. The number of ether oxygens (including phenoxy) is 2. The normalized spacial score (nSPS) is 24.9. The Hall–Kier alpha value is -2.18. The van der Waals surface area contributed by atoms with Gasteiger partial charge in [-0.15, -0.1) is 0 Å². The highest BCUT2D eigenvalue weighted by molar-refractivity contribution is 5.66. The van der Waals surface area contributed by atoms with Crippen LogP contribution < -0.4 is 0 Å². The predicted octanol–water partition coefficient (Wildman–Crippen LogP) is 8.48. The second-order valence-corrected chi connectivity index (χ2v) is 10.1. The Morgan fingerprint density at radius 2 is 1.56 bits per heavy atom. The van der Waals surface area contributed by atoms with Crippen molar-refractivity contribution in [1.82, 2.24) is 0 Å². The highest BCUT2D eigenvalue weighted by Crippen LogP contribution is 2.37. The maximum absolute atomic E-state index is 15.0. The summed E-state index contributed by atoms with van der Waals surface area (Å²) < 4.78 is 71.6. The third kappa shape index (κ3) is 6.03. The molecule has 0 aromatic heterocycles. The molecule has 0 bridgehead atoms. The van der Waals surface area contributed by atoms with E-state index in [4.69, 9.17) is 9.47 Å². The third-order valence-electron chi connectivity index (χ3n) is 7.58. The van der Waals surface area contributed by atoms with Gasteiger partial charge in [-0.05, 0) is 63.4 Å². The first-order valence-electron chi connectivity index (χ1n) is 13.2. The quantitative estimate of drug-likeness (QED) is 0.265. The van der Waals surface area contributed by atoms with E-state index in [0.29, 0.717) is 31.8 Å². The number of hydrogen-bond donors (Lipinski definition) is 0. The summed E-state index contributed by atoms with van der Waals surface area (Å²) in [7, 11) is 0. The van der Waals surface area contributed by atoms with Crippen molar-refractivity contribution < 1.29 is 27.0 Å². The molecular formula is C30H36F4O2. The van der Waals surface area contributed by atoms with Crippen LogP contribution in [0.25, 0.3) is 11.1 Å². The summed E-state index contributed by atoms with van der Waals surface area (Å²) in [6.45, 7) is 5.25. The van der Waals surface area contributed by atoms with E-state index in [0.717, 1.165) is 38.7 Å². The predicted molar refractivity (Wildman–Crippen MR) is 134 cm³/mol. The fourth-order valence-corrected chi connectivity index (χ4v) is 5.49. The Morgan fingerprint density at radius 1 is 0.806 bits per heavy atom. The minimum absolute atomic E-state index is 0.0367. The molecule has 2 fully saturated rings. The Morgan fingerprint density at radius 3 is 2.19 bits per heavy atom. The standard InChI is InChI=1S/C30H36F4O2/c1-3-5-19-7-11-22(35-17-19)12-9-21-10-13-23(28(32)27(21)31)24-14-15-25(30(34)29(24)33)26-16-8-20(6-4-2)18-36-26/h4,6,10,13-15,19-20,22,26H,3,5,7-9,11-12,16-18H2,1-2H3/b6-4+. The topological polar surface area (TPSA) is 18.5 Å². The Labute approximate surface area is 211 Å². The molecule has 2 aromatic rings. The molecule has 36 heavy (non-hydrogen) atoms. The van der Waals surface area contributed by atoms with E-state index >= 15 is 8.78 Å². The van der Waals surface area contributed by atoms with Gasteiger partial charge in [-0.3, -0.25) is 0 Å². The van der Waals surface area contributed by atoms with E-state index in [-0.39, 0.29) is 34.3 Å². The molecule has 196 valence electrons. The van der Waals surface area contributed by atoms with Crippen LogP contribution in [0.1, 0.15) is 76.0 Å². The molecule has 4 rings (SSSR count). The lowest BCUT2D eigenvalue weighted by Crippen LogP contribution is -2.26. The first-order chi connectivity index (χ1) is 17.4. The molecule has 0 radical (unpaired) electrons. The Bertz CT molecular complexity index is 1050. The van der Waals surface area contributed by atoms with Gasteiger partial charge in [0, 0.05) is 29.2 Å². The van der Waals surface area contributed by atoms with Gasteiger partial charge in [-0.25, -0.2) is 17.6 Å². The van der Waals surface area contributed by atoms with Crippen LogP contribution in [0.3, 0.4) is 0 Å². The van der Waals surface area contributed by atoms with Gasteiger partial charge in [0.25, 0.3) is 0 Å². The molecule has 2 heterocycles. The highest BCUT2D eigenvalue weighted by atomic mass is 19.2. The summed E-state index contributed by atoms with van der Waals surface area (Å²) in [5.74, 6) is -3.58. The smallest absolute Gasteiger partial charge is 0.167 e. The van der Waals surface area contributed by atoms with E-state index in [1.807, 2.05) is 19.1 Å². The van der Waals surface area contributed by atoms with Crippen molar-refractivity contribution in [2.75, 3.05) is 13.2 Å². The lowest BCUT2D eigenvalue weighted by atomic mass is 9.91. The molecular weight excluding hydrogens is 468 g/mol. The summed E-state index contributed by atoms with van der Waals surface area (Å²) in [6, 6.07) is 5.54. The molecule has 0 N–H and O–H groups in total. The minimum Gasteiger partial charge on any atom is -0.378 e. The monoisotopic (exact) mass is 504 g/mol. The van der Waals surface area contributed by atoms with Crippen molar-refractivity contribution >= 4 is 0 Å². The van der Waals surface area contributed by atoms with Gasteiger partial charge in [0.1, 0.15) is 0 Å². The number of aryl methyl sites for hydroxylation is 1. The minimum atomic E-state index is -1.19. The molecule has 4 unspecified atom stereocenters. The van der Waals surface area contributed by atoms with Gasteiger partial charge in [0.2, 0.25) is 0 Å². The number of halogens is 4. The zero-order valence-corrected chi connectivity index (χ0v) is 21.2. The van der Waals surface area contributed by atoms with Crippen LogP contribution in [-0.4, -0.2) is 19.3 Å². The van der Waals surface area contributed by atoms with Gasteiger partial charge < -0.3 is 9.47 Å². The first kappa shape index (κ1) is 26.9. The number of rotatable bonds is 8. The Kier molecular flexibility index (Phi) is 9.24. The van der Waals surface area contributed by atoms with Crippen LogP contribution in [0.4, 0.5) is 17.6 Å². The maximum Gasteiger partial charge on any atom is 0.167 e. The summed E-state index contributed by atoms with van der Waals surface area (Å²) in [6.07, 6.45) is 10.1. The maximum atomic E-state index is 15.0. The number of benzene rings is 2. The zero-order valence-electron chi connectivity index (χ0n) is 21.2. The van der Waals surface area contributed by atoms with Crippen molar-refractivity contribution in [2.45, 2.75) is 77.4 Å². The zero-order chi connectivity index (χ0) is 25.7. The van der Waals surface area contributed by atoms with E-state index in [2.05, 4.69) is 6.92 Å². The van der Waals surface area contributed by atoms with Crippen LogP contribution >= 0.6 is 0 Å². The molecule has 0 saturated carbocycles. The second kappa shape index (κ2) is 12.4. The molecule has 0 amide bonds. The molecule has 2 aliphatic heterocycles. The fourth-order valence-electron chi connectivity index (χ4n) is 5.49. The van der Waals surface area contributed by atoms with Gasteiger partial charge >= 0.3 is 0 Å². The summed E-state index contributed by atoms with van der Waals surface area (Å²) in [5, 5.41) is 0. The first-order valence-corrected chi connectivity index (χ1v) is 13.2. The fraction of sp³-hybridized carbons (Fsp3) is 0.533. The van der Waals surface area contributed by atoms with Crippen molar-refractivity contribution in [2.24, 2.45) is 11.8 Å². The number of allylic oxidation sites excluding steroid dienone is 1. The van der Waals surface area contributed by atoms with Crippen LogP contribution in [0.5, 0.6) is 0 Å². The van der Waals surface area contributed by atoms with Crippen molar-refractivity contribution in [3.8, 4) is 11.1 Å². The summed E-state index contributed by atoms with van der Waals surface area (Å²) >= 11 is 0. The molecule has 0 spiro atoms. The Balaban J connectivity index is 1.44. The lowest BCUT2D eigenvalue weighted by Gasteiger charge is -2.29. The van der Waals surface area contributed by atoms with Crippen LogP contribution in [0, 0.1) is 35.1 Å². The molecule has 2 aromatic carbocycles. The molecule has 6 heteroatoms. The van der Waals surface area contributed by atoms with Gasteiger partial charge in [-0.1, -0.05) is 49.8 Å². The van der Waals surface area contributed by atoms with Crippen molar-refractivity contribution in [3.63, 3.8) is 0 Å². The van der Waals surface area contributed by atoms with Gasteiger partial charge in [0.15, 0.2) is 23.3 Å². The van der Waals surface area contributed by atoms with Crippen LogP contribution in [0.2, 0.25) is 0 Å². The van der Waals surface area contributed by atoms with Crippen molar-refractivity contribution in [1.29, 1.82) is 0 Å². The molecule has 2 nitrogen and oxygen atoms in total. The van der Waals surface area contributed by atoms with Crippen molar-refractivity contribution in [3.05, 3.63) is 70.8 Å². The van der Waals surface area contributed by atoms with E-state index in [1.165, 1.54) is 24.3 Å². The lowest BCUT2D eigenvalue weighted by molar-refractivity contribution is -0.0216. The van der Waals surface area contributed by atoms with Gasteiger partial charge in [-0.2, -0.15) is 0 Å². The van der Waals surface area contributed by atoms with E-state index < -0.39 is 29.4 Å². The molecule has 0 aliphatic carbocycles. The largest absolute Gasteiger partial charge is 0.378 e. The van der Waals surface area contributed by atoms with E-state index in [1.54, 1.807) is 0 Å². The van der Waals surface area contributed by atoms with E-state index in [9.17, 15) is 8.78 Å². The summed E-state index contributed by atoms with van der Waals surface area (Å²) in [5.41, 5.74) is -0.242. The average Bonchev–Trinajstić information content (AvgIpc) is 2.89. The second-order valence-electron chi connectivity index (χ2n) is 10.1. The molecule has 2 aliphatic rings. The molecule has 2 saturated heterocycles. The third-order valence-corrected chi connectivity index (χ3v) is 7.58. The number of hydrogen-bond acceptors (Lipinski definition) is 2. The summed E-state index contributed by atoms with van der Waals surface area (Å²) in [4.78, 5) is 0.